The van der Waals surface area contributed by atoms with Gasteiger partial charge < -0.3 is 19.3 Å². The highest BCUT2D eigenvalue weighted by atomic mass is 19.1. The van der Waals surface area contributed by atoms with Crippen molar-refractivity contribution < 1.29 is 18.6 Å². The van der Waals surface area contributed by atoms with E-state index in [1.165, 1.54) is 6.07 Å². The lowest BCUT2D eigenvalue weighted by Crippen LogP contribution is -2.52. The van der Waals surface area contributed by atoms with Crippen LogP contribution in [0.5, 0.6) is 5.75 Å². The van der Waals surface area contributed by atoms with Gasteiger partial charge >= 0.3 is 0 Å². The van der Waals surface area contributed by atoms with Crippen LogP contribution in [-0.4, -0.2) is 68.0 Å². The largest absolute Gasteiger partial charge is 0.488 e. The summed E-state index contributed by atoms with van der Waals surface area (Å²) in [7, 11) is 0. The fraction of sp³-hybridized carbons (Fsp3) is 0.419. The number of halogens is 2. The second kappa shape index (κ2) is 12.1. The van der Waals surface area contributed by atoms with E-state index in [1.807, 2.05) is 34.7 Å². The van der Waals surface area contributed by atoms with E-state index in [-0.39, 0.29) is 55.0 Å². The standard InChI is InChI=1S/C31H34F2N6O3/c1-20-10-21(4-5-35-20)15-37(25-11-23(32)18-38(19-25)30-14-34-6-7-36-30)16-22-17-39(24-2-3-24)28-13-29(42-9-8-40)27(33)12-26(28)31(22)41/h4-7,10,12-14,17,23-25,40H,2-3,8-9,11,15-16,18-19H2,1H3/t23-,25-/m0/s1. The maximum atomic E-state index is 15.2. The molecular formula is C31H34F2N6O3. The molecule has 220 valence electrons. The number of nitrogens with zero attached hydrogens (tertiary/aromatic N) is 6. The molecule has 42 heavy (non-hydrogen) atoms. The second-order valence-corrected chi connectivity index (χ2v) is 11.2. The van der Waals surface area contributed by atoms with Crippen LogP contribution in [0.1, 0.15) is 42.1 Å². The van der Waals surface area contributed by atoms with E-state index < -0.39 is 12.0 Å². The number of aryl methyl sites for hydroxylation is 1. The smallest absolute Gasteiger partial charge is 0.193 e. The summed E-state index contributed by atoms with van der Waals surface area (Å²) >= 11 is 0. The molecule has 1 aliphatic heterocycles. The Morgan fingerprint density at radius 2 is 1.98 bits per heavy atom. The molecule has 3 aromatic heterocycles. The van der Waals surface area contributed by atoms with Crippen LogP contribution >= 0.6 is 0 Å². The molecule has 0 spiro atoms. The minimum Gasteiger partial charge on any atom is -0.488 e. The van der Waals surface area contributed by atoms with Crippen molar-refractivity contribution in [3.8, 4) is 5.75 Å². The number of hydrogen-bond donors (Lipinski definition) is 1. The van der Waals surface area contributed by atoms with Crippen molar-refractivity contribution in [2.45, 2.75) is 57.5 Å². The summed E-state index contributed by atoms with van der Waals surface area (Å²) in [6, 6.07) is 6.69. The molecule has 1 saturated carbocycles. The highest BCUT2D eigenvalue weighted by Crippen LogP contribution is 2.38. The van der Waals surface area contributed by atoms with Crippen molar-refractivity contribution in [2.24, 2.45) is 0 Å². The third-order valence-electron chi connectivity index (χ3n) is 7.94. The normalized spacial score (nSPS) is 19.0. The molecule has 4 heterocycles. The van der Waals surface area contributed by atoms with Crippen LogP contribution in [0.15, 0.2) is 60.0 Å². The lowest BCUT2D eigenvalue weighted by atomic mass is 10.0. The van der Waals surface area contributed by atoms with Crippen LogP contribution in [0.4, 0.5) is 14.6 Å². The number of piperidine rings is 1. The van der Waals surface area contributed by atoms with Crippen LogP contribution < -0.4 is 15.1 Å². The minimum absolute atomic E-state index is 0.00748. The van der Waals surface area contributed by atoms with Crippen molar-refractivity contribution in [1.82, 2.24) is 24.4 Å². The predicted octanol–water partition coefficient (Wildman–Crippen LogP) is 3.96. The van der Waals surface area contributed by atoms with Crippen molar-refractivity contribution in [1.29, 1.82) is 0 Å². The Labute approximate surface area is 242 Å². The lowest BCUT2D eigenvalue weighted by Gasteiger charge is -2.41. The van der Waals surface area contributed by atoms with E-state index in [0.717, 1.165) is 24.1 Å². The Hall–Kier alpha value is -3.96. The minimum atomic E-state index is -1.08. The molecule has 2 aliphatic rings. The van der Waals surface area contributed by atoms with Crippen molar-refractivity contribution >= 4 is 16.7 Å². The number of alkyl halides is 1. The zero-order valence-electron chi connectivity index (χ0n) is 23.5. The summed E-state index contributed by atoms with van der Waals surface area (Å²) in [6.07, 6.45) is 9.59. The van der Waals surface area contributed by atoms with E-state index >= 15 is 4.39 Å². The van der Waals surface area contributed by atoms with Crippen LogP contribution in [0.2, 0.25) is 0 Å². The maximum Gasteiger partial charge on any atom is 0.193 e. The van der Waals surface area contributed by atoms with Crippen LogP contribution in [0.3, 0.4) is 0 Å². The highest BCUT2D eigenvalue weighted by molar-refractivity contribution is 5.81. The van der Waals surface area contributed by atoms with Crippen LogP contribution in [0, 0.1) is 12.7 Å². The van der Waals surface area contributed by atoms with Gasteiger partial charge in [0.15, 0.2) is 17.0 Å². The number of aliphatic hydroxyl groups is 1. The molecule has 0 bridgehead atoms. The number of hydrogen-bond acceptors (Lipinski definition) is 8. The van der Waals surface area contributed by atoms with Gasteiger partial charge in [-0.2, -0.15) is 0 Å². The molecule has 1 aromatic carbocycles. The summed E-state index contributed by atoms with van der Waals surface area (Å²) in [5.41, 5.74) is 2.75. The molecule has 0 unspecified atom stereocenters. The van der Waals surface area contributed by atoms with Gasteiger partial charge in [-0.1, -0.05) is 0 Å². The summed E-state index contributed by atoms with van der Waals surface area (Å²) in [4.78, 5) is 30.8. The SMILES string of the molecule is Cc1cc(CN(Cc2cn(C3CC3)c3cc(OCCO)c(F)cc3c2=O)[C@H]2C[C@H](F)CN(c3cnccn3)C2)ccn1. The van der Waals surface area contributed by atoms with Crippen LogP contribution in [0.25, 0.3) is 10.9 Å². The van der Waals surface area contributed by atoms with E-state index in [4.69, 9.17) is 9.84 Å². The van der Waals surface area contributed by atoms with Gasteiger partial charge in [0, 0.05) is 79.2 Å². The molecule has 2 atom stereocenters. The van der Waals surface area contributed by atoms with Crippen molar-refractivity contribution in [3.63, 3.8) is 0 Å². The van der Waals surface area contributed by atoms with Gasteiger partial charge in [-0.05, 0) is 49.9 Å². The Morgan fingerprint density at radius 3 is 2.71 bits per heavy atom. The number of benzene rings is 1. The van der Waals surface area contributed by atoms with E-state index in [9.17, 15) is 9.18 Å². The molecule has 11 heteroatoms. The second-order valence-electron chi connectivity index (χ2n) is 11.2. The third kappa shape index (κ3) is 6.12. The van der Waals surface area contributed by atoms with Crippen LogP contribution in [-0.2, 0) is 13.1 Å². The monoisotopic (exact) mass is 576 g/mol. The van der Waals surface area contributed by atoms with E-state index in [2.05, 4.69) is 19.9 Å². The molecule has 6 rings (SSSR count). The van der Waals surface area contributed by atoms with Gasteiger partial charge in [-0.25, -0.2) is 13.8 Å². The number of anilines is 1. The Kier molecular flexibility index (Phi) is 8.12. The van der Waals surface area contributed by atoms with Crippen molar-refractivity contribution in [3.05, 3.63) is 88.1 Å². The summed E-state index contributed by atoms with van der Waals surface area (Å²) in [5.74, 6) is -0.0297. The van der Waals surface area contributed by atoms with Gasteiger partial charge in [0.25, 0.3) is 0 Å². The van der Waals surface area contributed by atoms with E-state index in [0.29, 0.717) is 36.4 Å². The van der Waals surface area contributed by atoms with Gasteiger partial charge in [0.2, 0.25) is 0 Å². The van der Waals surface area contributed by atoms with E-state index in [1.54, 1.807) is 30.9 Å². The predicted molar refractivity (Wildman–Crippen MR) is 155 cm³/mol. The third-order valence-corrected chi connectivity index (χ3v) is 7.94. The number of ether oxygens (including phenoxy) is 1. The maximum absolute atomic E-state index is 15.2. The zero-order chi connectivity index (χ0) is 29.2. The molecule has 4 aromatic rings. The average Bonchev–Trinajstić information content (AvgIpc) is 3.83. The quantitative estimate of drug-likeness (QED) is 0.303. The molecular weight excluding hydrogens is 542 g/mol. The highest BCUT2D eigenvalue weighted by Gasteiger charge is 2.33. The first-order chi connectivity index (χ1) is 20.4. The molecule has 1 aliphatic carbocycles. The first-order valence-electron chi connectivity index (χ1n) is 14.3. The Morgan fingerprint density at radius 1 is 1.12 bits per heavy atom. The van der Waals surface area contributed by atoms with Gasteiger partial charge in [-0.3, -0.25) is 19.7 Å². The molecule has 0 amide bonds. The lowest BCUT2D eigenvalue weighted by molar-refractivity contribution is 0.120. The summed E-state index contributed by atoms with van der Waals surface area (Å²) in [5, 5.41) is 9.41. The fourth-order valence-electron chi connectivity index (χ4n) is 5.83. The van der Waals surface area contributed by atoms with Gasteiger partial charge in [0.1, 0.15) is 18.6 Å². The molecule has 1 saturated heterocycles. The first-order valence-corrected chi connectivity index (χ1v) is 14.3. The summed E-state index contributed by atoms with van der Waals surface area (Å²) in [6.45, 7) is 3.13. The topological polar surface area (TPSA) is 96.6 Å². The van der Waals surface area contributed by atoms with Gasteiger partial charge in [0.05, 0.1) is 24.9 Å². The number of aromatic nitrogens is 4. The van der Waals surface area contributed by atoms with Crippen molar-refractivity contribution in [2.75, 3.05) is 31.2 Å². The van der Waals surface area contributed by atoms with Gasteiger partial charge in [-0.15, -0.1) is 0 Å². The zero-order valence-corrected chi connectivity index (χ0v) is 23.5. The average molecular weight is 577 g/mol. The Bertz CT molecular complexity index is 1610. The molecule has 1 N–H and O–H groups in total. The Balaban J connectivity index is 1.38. The first kappa shape index (κ1) is 28.2. The number of rotatable bonds is 10. The molecule has 9 nitrogen and oxygen atoms in total. The number of pyridine rings is 2. The number of aliphatic hydroxyl groups excluding tert-OH is 1. The molecule has 2 fully saturated rings. The summed E-state index contributed by atoms with van der Waals surface area (Å²) < 4.78 is 37.7. The fourth-order valence-corrected chi connectivity index (χ4v) is 5.83. The molecule has 0 radical (unpaired) electrons. The number of fused-ring (bicyclic) bond motifs is 1.